The Labute approximate surface area is 149 Å². The maximum absolute atomic E-state index is 13.9. The maximum Gasteiger partial charge on any atom is 0.127 e. The molecule has 0 aliphatic carbocycles. The summed E-state index contributed by atoms with van der Waals surface area (Å²) in [5, 5.41) is 10.4. The predicted octanol–water partition coefficient (Wildman–Crippen LogP) is 4.30. The van der Waals surface area contributed by atoms with Gasteiger partial charge in [-0.05, 0) is 36.1 Å². The molecule has 0 spiro atoms. The molecule has 1 N–H and O–H groups in total. The number of rotatable bonds is 5. The summed E-state index contributed by atoms with van der Waals surface area (Å²) in [5.41, 5.74) is 2.67. The van der Waals surface area contributed by atoms with E-state index in [1.54, 1.807) is 6.07 Å². The minimum absolute atomic E-state index is 0.172. The molecule has 2 aromatic carbocycles. The van der Waals surface area contributed by atoms with E-state index < -0.39 is 6.10 Å². The third-order valence-electron chi connectivity index (χ3n) is 4.57. The molecule has 3 rings (SSSR count). The number of hydrogen-bond donors (Lipinski definition) is 1. The van der Waals surface area contributed by atoms with Crippen LogP contribution in [0.25, 0.3) is 0 Å². The van der Waals surface area contributed by atoms with Crippen LogP contribution in [0.15, 0.2) is 42.5 Å². The molecule has 2 aromatic rings. The molecule has 1 aliphatic heterocycles. The Morgan fingerprint density at radius 1 is 1.20 bits per heavy atom. The van der Waals surface area contributed by atoms with E-state index in [1.807, 2.05) is 30.3 Å². The van der Waals surface area contributed by atoms with E-state index >= 15 is 0 Å². The van der Waals surface area contributed by atoms with Gasteiger partial charge in [0, 0.05) is 30.8 Å². The van der Waals surface area contributed by atoms with Crippen LogP contribution in [0.3, 0.4) is 0 Å². The average molecular weight is 343 g/mol. The molecule has 0 amide bonds. The van der Waals surface area contributed by atoms with Gasteiger partial charge in [-0.1, -0.05) is 38.1 Å². The van der Waals surface area contributed by atoms with Crippen molar-refractivity contribution in [1.29, 1.82) is 0 Å². The first-order valence-corrected chi connectivity index (χ1v) is 8.92. The third kappa shape index (κ3) is 4.59. The summed E-state index contributed by atoms with van der Waals surface area (Å²) < 4.78 is 19.8. The zero-order valence-electron chi connectivity index (χ0n) is 14.9. The number of ether oxygens (including phenoxy) is 1. The molecule has 0 saturated heterocycles. The molecular formula is C21H26FNO2. The van der Waals surface area contributed by atoms with Crippen molar-refractivity contribution in [2.45, 2.75) is 39.5 Å². The van der Waals surface area contributed by atoms with Gasteiger partial charge in [0.1, 0.15) is 18.2 Å². The highest BCUT2D eigenvalue weighted by atomic mass is 19.1. The summed E-state index contributed by atoms with van der Waals surface area (Å²) in [6.45, 7) is 6.76. The maximum atomic E-state index is 13.9. The van der Waals surface area contributed by atoms with Crippen LogP contribution < -0.4 is 4.74 Å². The normalized spacial score (nSPS) is 16.2. The van der Waals surface area contributed by atoms with E-state index in [-0.39, 0.29) is 5.82 Å². The molecule has 1 atom stereocenters. The Balaban J connectivity index is 1.77. The van der Waals surface area contributed by atoms with Crippen molar-refractivity contribution in [3.8, 4) is 5.75 Å². The summed E-state index contributed by atoms with van der Waals surface area (Å²) in [5.74, 6) is 1.12. The van der Waals surface area contributed by atoms with Crippen molar-refractivity contribution in [2.24, 2.45) is 5.92 Å². The fourth-order valence-electron chi connectivity index (χ4n) is 3.26. The first-order valence-electron chi connectivity index (χ1n) is 8.92. The highest BCUT2D eigenvalue weighted by molar-refractivity contribution is 5.38. The Morgan fingerprint density at radius 3 is 2.76 bits per heavy atom. The molecule has 3 nitrogen and oxygen atoms in total. The fraction of sp³-hybridized carbons (Fsp3) is 0.429. The molecule has 1 aliphatic rings. The van der Waals surface area contributed by atoms with Crippen molar-refractivity contribution in [3.05, 3.63) is 65.0 Å². The fourth-order valence-corrected chi connectivity index (χ4v) is 3.26. The van der Waals surface area contributed by atoms with Crippen molar-refractivity contribution in [3.63, 3.8) is 0 Å². The Hall–Kier alpha value is -1.91. The van der Waals surface area contributed by atoms with Crippen molar-refractivity contribution in [1.82, 2.24) is 4.90 Å². The number of benzene rings is 2. The van der Waals surface area contributed by atoms with Crippen LogP contribution in [-0.4, -0.2) is 23.2 Å². The first kappa shape index (κ1) is 17.9. The molecule has 25 heavy (non-hydrogen) atoms. The van der Waals surface area contributed by atoms with Gasteiger partial charge in [0.15, 0.2) is 0 Å². The second-order valence-electron chi connectivity index (χ2n) is 7.16. The van der Waals surface area contributed by atoms with Gasteiger partial charge in [0.25, 0.3) is 0 Å². The van der Waals surface area contributed by atoms with Crippen LogP contribution in [-0.2, 0) is 13.1 Å². The second-order valence-corrected chi connectivity index (χ2v) is 7.16. The van der Waals surface area contributed by atoms with E-state index in [4.69, 9.17) is 4.74 Å². The van der Waals surface area contributed by atoms with Gasteiger partial charge in [-0.25, -0.2) is 4.39 Å². The summed E-state index contributed by atoms with van der Waals surface area (Å²) in [7, 11) is 0. The summed E-state index contributed by atoms with van der Waals surface area (Å²) in [6.07, 6.45) is 0.270. The minimum atomic E-state index is -0.464. The molecule has 0 saturated carbocycles. The second kappa shape index (κ2) is 7.98. The van der Waals surface area contributed by atoms with E-state index in [2.05, 4.69) is 18.7 Å². The largest absolute Gasteiger partial charge is 0.492 e. The molecule has 134 valence electrons. The molecule has 4 heteroatoms. The number of fused-ring (bicyclic) bond motifs is 1. The van der Waals surface area contributed by atoms with E-state index in [0.717, 1.165) is 29.8 Å². The molecule has 0 bridgehead atoms. The smallest absolute Gasteiger partial charge is 0.127 e. The third-order valence-corrected chi connectivity index (χ3v) is 4.57. The Morgan fingerprint density at radius 2 is 2.00 bits per heavy atom. The quantitative estimate of drug-likeness (QED) is 0.878. The molecule has 0 aromatic heterocycles. The minimum Gasteiger partial charge on any atom is -0.492 e. The first-order chi connectivity index (χ1) is 12.0. The summed E-state index contributed by atoms with van der Waals surface area (Å²) >= 11 is 0. The Bertz CT molecular complexity index is 717. The van der Waals surface area contributed by atoms with Crippen LogP contribution in [0.1, 0.15) is 43.1 Å². The number of aliphatic hydroxyl groups is 1. The molecule has 0 unspecified atom stereocenters. The van der Waals surface area contributed by atoms with Gasteiger partial charge in [-0.3, -0.25) is 4.90 Å². The SMILES string of the molecule is CC(C)C[C@@H](O)c1ccc2c(c1)CN(Cc1ccccc1F)CCO2. The van der Waals surface area contributed by atoms with Gasteiger partial charge in [-0.2, -0.15) is 0 Å². The molecule has 0 radical (unpaired) electrons. The van der Waals surface area contributed by atoms with Crippen LogP contribution in [0.2, 0.25) is 0 Å². The molecular weight excluding hydrogens is 317 g/mol. The predicted molar refractivity (Wildman–Crippen MR) is 96.9 cm³/mol. The van der Waals surface area contributed by atoms with Crippen LogP contribution in [0, 0.1) is 11.7 Å². The van der Waals surface area contributed by atoms with Gasteiger partial charge >= 0.3 is 0 Å². The van der Waals surface area contributed by atoms with Crippen molar-refractivity contribution in [2.75, 3.05) is 13.2 Å². The lowest BCUT2D eigenvalue weighted by Crippen LogP contribution is -2.25. The van der Waals surface area contributed by atoms with Gasteiger partial charge in [0.2, 0.25) is 0 Å². The van der Waals surface area contributed by atoms with Gasteiger partial charge in [-0.15, -0.1) is 0 Å². The summed E-state index contributed by atoms with van der Waals surface area (Å²) in [6, 6.07) is 12.8. The lowest BCUT2D eigenvalue weighted by atomic mass is 9.97. The van der Waals surface area contributed by atoms with Crippen molar-refractivity contribution >= 4 is 0 Å². The summed E-state index contributed by atoms with van der Waals surface area (Å²) in [4.78, 5) is 2.18. The van der Waals surface area contributed by atoms with E-state index in [9.17, 15) is 9.50 Å². The van der Waals surface area contributed by atoms with Crippen molar-refractivity contribution < 1.29 is 14.2 Å². The van der Waals surface area contributed by atoms with Gasteiger partial charge < -0.3 is 9.84 Å². The number of aliphatic hydroxyl groups excluding tert-OH is 1. The van der Waals surface area contributed by atoms with E-state index in [0.29, 0.717) is 31.2 Å². The van der Waals surface area contributed by atoms with Gasteiger partial charge in [0.05, 0.1) is 6.10 Å². The average Bonchev–Trinajstić information content (AvgIpc) is 2.77. The molecule has 1 heterocycles. The van der Waals surface area contributed by atoms with Crippen LogP contribution >= 0.6 is 0 Å². The number of nitrogens with zero attached hydrogens (tertiary/aromatic N) is 1. The highest BCUT2D eigenvalue weighted by Gasteiger charge is 2.19. The van der Waals surface area contributed by atoms with Crippen LogP contribution in [0.5, 0.6) is 5.75 Å². The van der Waals surface area contributed by atoms with Crippen LogP contribution in [0.4, 0.5) is 4.39 Å². The number of halogens is 1. The monoisotopic (exact) mass is 343 g/mol. The highest BCUT2D eigenvalue weighted by Crippen LogP contribution is 2.29. The topological polar surface area (TPSA) is 32.7 Å². The van der Waals surface area contributed by atoms with E-state index in [1.165, 1.54) is 6.07 Å². The lowest BCUT2D eigenvalue weighted by molar-refractivity contribution is 0.151. The molecule has 0 fully saturated rings. The number of hydrogen-bond acceptors (Lipinski definition) is 3. The Kier molecular flexibility index (Phi) is 5.71. The zero-order chi connectivity index (χ0) is 17.8. The zero-order valence-corrected chi connectivity index (χ0v) is 14.9. The lowest BCUT2D eigenvalue weighted by Gasteiger charge is -2.20. The standard InChI is InChI=1S/C21H26FNO2/c1-15(2)11-20(24)16-7-8-21-18(12-16)14-23(9-10-25-21)13-17-5-3-4-6-19(17)22/h3-8,12,15,20,24H,9-11,13-14H2,1-2H3/t20-/m1/s1.